The van der Waals surface area contributed by atoms with Gasteiger partial charge in [-0.15, -0.1) is 0 Å². The summed E-state index contributed by atoms with van der Waals surface area (Å²) < 4.78 is 3.43. The minimum atomic E-state index is 0.688. The first-order valence-electron chi connectivity index (χ1n) is 6.25. The Morgan fingerprint density at radius 1 is 1.44 bits per heavy atom. The summed E-state index contributed by atoms with van der Waals surface area (Å²) in [6.07, 6.45) is 6.49. The zero-order valence-electron chi connectivity index (χ0n) is 10.4. The highest BCUT2D eigenvalue weighted by Crippen LogP contribution is 2.35. The summed E-state index contributed by atoms with van der Waals surface area (Å²) in [7, 11) is 0. The molecule has 18 heavy (non-hydrogen) atoms. The SMILES string of the molecule is Cc1c(Br)cccc1NCc1cncn1C1CC1. The Morgan fingerprint density at radius 3 is 3.06 bits per heavy atom. The second-order valence-electron chi connectivity index (χ2n) is 4.79. The summed E-state index contributed by atoms with van der Waals surface area (Å²) in [6, 6.07) is 6.91. The molecule has 1 saturated carbocycles. The van der Waals surface area contributed by atoms with Crippen LogP contribution in [0.4, 0.5) is 5.69 Å². The first kappa shape index (κ1) is 11.8. The maximum atomic E-state index is 4.25. The predicted octanol–water partition coefficient (Wildman–Crippen LogP) is 3.90. The van der Waals surface area contributed by atoms with Crippen LogP contribution in [0.25, 0.3) is 0 Å². The fourth-order valence-corrected chi connectivity index (χ4v) is 2.50. The molecule has 0 radical (unpaired) electrons. The zero-order valence-corrected chi connectivity index (χ0v) is 11.9. The second-order valence-corrected chi connectivity index (χ2v) is 5.64. The van der Waals surface area contributed by atoms with E-state index >= 15 is 0 Å². The Morgan fingerprint density at radius 2 is 2.28 bits per heavy atom. The van der Waals surface area contributed by atoms with Crippen LogP contribution in [0.15, 0.2) is 35.2 Å². The molecule has 1 aromatic heterocycles. The van der Waals surface area contributed by atoms with Gasteiger partial charge in [0.15, 0.2) is 0 Å². The van der Waals surface area contributed by atoms with Gasteiger partial charge in [0.2, 0.25) is 0 Å². The summed E-state index contributed by atoms with van der Waals surface area (Å²) >= 11 is 3.55. The third-order valence-corrected chi connectivity index (χ3v) is 4.27. The van der Waals surface area contributed by atoms with Crippen molar-refractivity contribution in [2.75, 3.05) is 5.32 Å². The first-order chi connectivity index (χ1) is 8.75. The van der Waals surface area contributed by atoms with Crippen molar-refractivity contribution in [2.45, 2.75) is 32.4 Å². The van der Waals surface area contributed by atoms with Crippen molar-refractivity contribution < 1.29 is 0 Å². The van der Waals surface area contributed by atoms with Crippen LogP contribution in [0.2, 0.25) is 0 Å². The van der Waals surface area contributed by atoms with Crippen LogP contribution < -0.4 is 5.32 Å². The molecule has 0 atom stereocenters. The molecular formula is C14H16BrN3. The lowest BCUT2D eigenvalue weighted by Gasteiger charge is -2.12. The largest absolute Gasteiger partial charge is 0.379 e. The molecule has 1 N–H and O–H groups in total. The van der Waals surface area contributed by atoms with Crippen molar-refractivity contribution in [1.29, 1.82) is 0 Å². The van der Waals surface area contributed by atoms with E-state index in [9.17, 15) is 0 Å². The van der Waals surface area contributed by atoms with E-state index < -0.39 is 0 Å². The maximum Gasteiger partial charge on any atom is 0.0951 e. The van der Waals surface area contributed by atoms with Gasteiger partial charge in [0, 0.05) is 22.4 Å². The van der Waals surface area contributed by atoms with Crippen LogP contribution in [0.3, 0.4) is 0 Å². The van der Waals surface area contributed by atoms with Gasteiger partial charge in [-0.05, 0) is 37.5 Å². The topological polar surface area (TPSA) is 29.9 Å². The van der Waals surface area contributed by atoms with Crippen molar-refractivity contribution in [3.63, 3.8) is 0 Å². The molecule has 1 heterocycles. The lowest BCUT2D eigenvalue weighted by Crippen LogP contribution is -2.06. The number of imidazole rings is 1. The van der Waals surface area contributed by atoms with Gasteiger partial charge in [-0.1, -0.05) is 22.0 Å². The van der Waals surface area contributed by atoms with Crippen molar-refractivity contribution in [2.24, 2.45) is 0 Å². The van der Waals surface area contributed by atoms with E-state index in [0.29, 0.717) is 6.04 Å². The van der Waals surface area contributed by atoms with Crippen LogP contribution in [0, 0.1) is 6.92 Å². The lowest BCUT2D eigenvalue weighted by molar-refractivity contribution is 0.701. The highest BCUT2D eigenvalue weighted by molar-refractivity contribution is 9.10. The fraction of sp³-hybridized carbons (Fsp3) is 0.357. The summed E-state index contributed by atoms with van der Waals surface area (Å²) in [5, 5.41) is 3.49. The van der Waals surface area contributed by atoms with Gasteiger partial charge in [0.1, 0.15) is 0 Å². The average molecular weight is 306 g/mol. The van der Waals surface area contributed by atoms with Crippen molar-refractivity contribution in [3.8, 4) is 0 Å². The van der Waals surface area contributed by atoms with Crippen LogP contribution in [0.5, 0.6) is 0 Å². The number of benzene rings is 1. The van der Waals surface area contributed by atoms with Gasteiger partial charge in [0.25, 0.3) is 0 Å². The van der Waals surface area contributed by atoms with Gasteiger partial charge in [0.05, 0.1) is 18.6 Å². The van der Waals surface area contributed by atoms with E-state index in [2.05, 4.69) is 55.9 Å². The molecule has 1 aliphatic rings. The lowest BCUT2D eigenvalue weighted by atomic mass is 10.2. The number of rotatable bonds is 4. The summed E-state index contributed by atoms with van der Waals surface area (Å²) in [4.78, 5) is 4.25. The van der Waals surface area contributed by atoms with E-state index in [1.54, 1.807) is 0 Å². The molecule has 3 rings (SSSR count). The van der Waals surface area contributed by atoms with Crippen LogP contribution in [0.1, 0.15) is 30.1 Å². The molecular weight excluding hydrogens is 290 g/mol. The molecule has 1 aromatic carbocycles. The molecule has 0 aliphatic heterocycles. The Hall–Kier alpha value is -1.29. The van der Waals surface area contributed by atoms with E-state index in [4.69, 9.17) is 0 Å². The van der Waals surface area contributed by atoms with Crippen molar-refractivity contribution >= 4 is 21.6 Å². The normalized spacial score (nSPS) is 14.8. The molecule has 0 bridgehead atoms. The highest BCUT2D eigenvalue weighted by atomic mass is 79.9. The van der Waals surface area contributed by atoms with E-state index in [-0.39, 0.29) is 0 Å². The predicted molar refractivity (Wildman–Crippen MR) is 76.7 cm³/mol. The molecule has 0 amide bonds. The molecule has 1 aliphatic carbocycles. The summed E-state index contributed by atoms with van der Waals surface area (Å²) in [5.41, 5.74) is 3.68. The van der Waals surface area contributed by atoms with Gasteiger partial charge in [-0.3, -0.25) is 0 Å². The maximum absolute atomic E-state index is 4.25. The molecule has 4 heteroatoms. The van der Waals surface area contributed by atoms with E-state index in [1.165, 1.54) is 29.8 Å². The van der Waals surface area contributed by atoms with Crippen LogP contribution in [-0.2, 0) is 6.54 Å². The molecule has 1 fully saturated rings. The number of hydrogen-bond donors (Lipinski definition) is 1. The van der Waals surface area contributed by atoms with Crippen molar-refractivity contribution in [1.82, 2.24) is 9.55 Å². The van der Waals surface area contributed by atoms with Gasteiger partial charge in [-0.2, -0.15) is 0 Å². The Bertz CT molecular complexity index is 558. The van der Waals surface area contributed by atoms with Crippen LogP contribution >= 0.6 is 15.9 Å². The third-order valence-electron chi connectivity index (χ3n) is 3.41. The Labute approximate surface area is 115 Å². The van der Waals surface area contributed by atoms with Gasteiger partial charge < -0.3 is 9.88 Å². The standard InChI is InChI=1S/C14H16BrN3/c1-10-13(15)3-2-4-14(10)17-8-12-7-16-9-18(12)11-5-6-11/h2-4,7,9,11,17H,5-6,8H2,1H3. The van der Waals surface area contributed by atoms with E-state index in [0.717, 1.165) is 11.0 Å². The monoisotopic (exact) mass is 305 g/mol. The number of halogens is 1. The minimum absolute atomic E-state index is 0.688. The number of nitrogens with zero attached hydrogens (tertiary/aromatic N) is 2. The van der Waals surface area contributed by atoms with Crippen molar-refractivity contribution in [3.05, 3.63) is 46.5 Å². The number of aromatic nitrogens is 2. The smallest absolute Gasteiger partial charge is 0.0951 e. The number of hydrogen-bond acceptors (Lipinski definition) is 2. The summed E-state index contributed by atoms with van der Waals surface area (Å²) in [5.74, 6) is 0. The molecule has 0 spiro atoms. The Kier molecular flexibility index (Phi) is 3.12. The third kappa shape index (κ3) is 2.29. The summed E-state index contributed by atoms with van der Waals surface area (Å²) in [6.45, 7) is 2.94. The fourth-order valence-electron chi connectivity index (χ4n) is 2.14. The average Bonchev–Trinajstić information content (AvgIpc) is 3.11. The molecule has 0 unspecified atom stereocenters. The van der Waals surface area contributed by atoms with E-state index in [1.807, 2.05) is 12.5 Å². The molecule has 94 valence electrons. The highest BCUT2D eigenvalue weighted by Gasteiger charge is 2.24. The second kappa shape index (κ2) is 4.76. The molecule has 0 saturated heterocycles. The first-order valence-corrected chi connectivity index (χ1v) is 7.04. The Balaban J connectivity index is 1.74. The molecule has 3 nitrogen and oxygen atoms in total. The molecule has 2 aromatic rings. The quantitative estimate of drug-likeness (QED) is 0.928. The number of anilines is 1. The van der Waals surface area contributed by atoms with Gasteiger partial charge in [-0.25, -0.2) is 4.98 Å². The van der Waals surface area contributed by atoms with Gasteiger partial charge >= 0.3 is 0 Å². The number of nitrogens with one attached hydrogen (secondary N) is 1. The zero-order chi connectivity index (χ0) is 12.5. The minimum Gasteiger partial charge on any atom is -0.379 e. The van der Waals surface area contributed by atoms with Crippen LogP contribution in [-0.4, -0.2) is 9.55 Å².